The van der Waals surface area contributed by atoms with E-state index >= 15 is 0 Å². The van der Waals surface area contributed by atoms with E-state index in [4.69, 9.17) is 11.6 Å². The number of amides is 3. The summed E-state index contributed by atoms with van der Waals surface area (Å²) in [5, 5.41) is 0.577. The first kappa shape index (κ1) is 22.2. The van der Waals surface area contributed by atoms with E-state index in [-0.39, 0.29) is 11.6 Å². The van der Waals surface area contributed by atoms with E-state index in [1.54, 1.807) is 42.6 Å². The Bertz CT molecular complexity index is 1280. The van der Waals surface area contributed by atoms with Crippen LogP contribution >= 0.6 is 11.6 Å². The van der Waals surface area contributed by atoms with Crippen molar-refractivity contribution in [2.45, 2.75) is 25.2 Å². The summed E-state index contributed by atoms with van der Waals surface area (Å²) in [7, 11) is 0. The predicted octanol–water partition coefficient (Wildman–Crippen LogP) is 6.05. The van der Waals surface area contributed by atoms with Crippen molar-refractivity contribution in [2.24, 2.45) is 5.92 Å². The lowest BCUT2D eigenvalue weighted by Gasteiger charge is -2.22. The summed E-state index contributed by atoms with van der Waals surface area (Å²) in [6, 6.07) is 14.5. The molecule has 2 fully saturated rings. The largest absolute Gasteiger partial charge is 0.573 e. The number of aromatic nitrogens is 1. The van der Waals surface area contributed by atoms with E-state index in [1.807, 2.05) is 6.92 Å². The van der Waals surface area contributed by atoms with E-state index in [9.17, 15) is 22.8 Å². The van der Waals surface area contributed by atoms with Crippen molar-refractivity contribution in [1.82, 2.24) is 4.98 Å². The van der Waals surface area contributed by atoms with Gasteiger partial charge in [-0.25, -0.2) is 9.69 Å². The highest BCUT2D eigenvalue weighted by atomic mass is 35.5. The molecular formula is C24H17ClF3N3O3. The SMILES string of the molecule is CC1CC12C(=O)N(c1ccc(OC(F)(F)F)cc1)C(=O)N2c1ccnc(-c2ccc(Cl)cc2)c1. The highest BCUT2D eigenvalue weighted by Crippen LogP contribution is 2.55. The molecule has 2 unspecified atom stereocenters. The van der Waals surface area contributed by atoms with Gasteiger partial charge in [0.2, 0.25) is 0 Å². The molecule has 174 valence electrons. The minimum Gasteiger partial charge on any atom is -0.406 e. The standard InChI is InChI=1S/C24H17ClF3N3O3/c1-14-13-23(14)21(32)30(17-6-8-19(9-7-17)34-24(26,27)28)22(33)31(23)18-10-11-29-20(12-18)15-2-4-16(25)5-3-15/h2-12,14H,13H2,1H3. The number of carbonyl (C=O) groups excluding carboxylic acids is 2. The van der Waals surface area contributed by atoms with Crippen LogP contribution in [-0.2, 0) is 4.79 Å². The van der Waals surface area contributed by atoms with Crippen LogP contribution in [0.5, 0.6) is 5.75 Å². The summed E-state index contributed by atoms with van der Waals surface area (Å²) in [5.41, 5.74) is 1.01. The first-order chi connectivity index (χ1) is 16.1. The Kier molecular flexibility index (Phi) is 5.05. The maximum Gasteiger partial charge on any atom is 0.573 e. The van der Waals surface area contributed by atoms with Crippen LogP contribution in [0.1, 0.15) is 13.3 Å². The second kappa shape index (κ2) is 7.73. The molecule has 2 aliphatic rings. The fourth-order valence-corrected chi connectivity index (χ4v) is 4.49. The number of alkyl halides is 3. The minimum absolute atomic E-state index is 0.0890. The van der Waals surface area contributed by atoms with Gasteiger partial charge in [-0.05, 0) is 60.9 Å². The molecule has 1 aliphatic carbocycles. The number of benzene rings is 2. The van der Waals surface area contributed by atoms with Crippen molar-refractivity contribution in [1.29, 1.82) is 0 Å². The van der Waals surface area contributed by atoms with Gasteiger partial charge < -0.3 is 4.74 Å². The second-order valence-electron chi connectivity index (χ2n) is 8.24. The van der Waals surface area contributed by atoms with Gasteiger partial charge in [0.25, 0.3) is 5.91 Å². The molecule has 10 heteroatoms. The summed E-state index contributed by atoms with van der Waals surface area (Å²) in [4.78, 5) is 33.8. The van der Waals surface area contributed by atoms with Crippen LogP contribution < -0.4 is 14.5 Å². The van der Waals surface area contributed by atoms with E-state index < -0.39 is 29.6 Å². The van der Waals surface area contributed by atoms with Crippen LogP contribution in [0.15, 0.2) is 66.9 Å². The lowest BCUT2D eigenvalue weighted by Crippen LogP contribution is -2.39. The minimum atomic E-state index is -4.84. The third kappa shape index (κ3) is 3.66. The quantitative estimate of drug-likeness (QED) is 0.420. The molecule has 1 spiro atoms. The van der Waals surface area contributed by atoms with Gasteiger partial charge in [0.15, 0.2) is 0 Å². The van der Waals surface area contributed by atoms with Gasteiger partial charge in [0, 0.05) is 16.8 Å². The molecule has 2 aromatic carbocycles. The molecule has 34 heavy (non-hydrogen) atoms. The molecule has 2 heterocycles. The normalized spacial score (nSPS) is 22.0. The number of pyridine rings is 1. The number of anilines is 2. The van der Waals surface area contributed by atoms with Crippen molar-refractivity contribution in [3.63, 3.8) is 0 Å². The highest BCUT2D eigenvalue weighted by Gasteiger charge is 2.70. The van der Waals surface area contributed by atoms with E-state index in [1.165, 1.54) is 17.0 Å². The van der Waals surface area contributed by atoms with E-state index in [0.717, 1.165) is 22.6 Å². The molecular weight excluding hydrogens is 471 g/mol. The van der Waals surface area contributed by atoms with Crippen LogP contribution in [0.3, 0.4) is 0 Å². The number of rotatable bonds is 4. The summed E-state index contributed by atoms with van der Waals surface area (Å²) in [6.07, 6.45) is -2.81. The number of hydrogen-bond donors (Lipinski definition) is 0. The third-order valence-corrected chi connectivity index (χ3v) is 6.35. The number of urea groups is 1. The van der Waals surface area contributed by atoms with Gasteiger partial charge >= 0.3 is 12.4 Å². The smallest absolute Gasteiger partial charge is 0.406 e. The third-order valence-electron chi connectivity index (χ3n) is 6.10. The number of halogens is 4. The maximum absolute atomic E-state index is 13.5. The molecule has 6 nitrogen and oxygen atoms in total. The fraction of sp³-hybridized carbons (Fsp3) is 0.208. The molecule has 3 aromatic rings. The van der Waals surface area contributed by atoms with Gasteiger partial charge in [-0.15, -0.1) is 13.2 Å². The lowest BCUT2D eigenvalue weighted by atomic mass is 10.1. The van der Waals surface area contributed by atoms with Gasteiger partial charge in [0.05, 0.1) is 17.1 Å². The van der Waals surface area contributed by atoms with Gasteiger partial charge in [-0.3, -0.25) is 14.7 Å². The zero-order valence-corrected chi connectivity index (χ0v) is 18.5. The van der Waals surface area contributed by atoms with Crippen LogP contribution in [0.25, 0.3) is 11.3 Å². The van der Waals surface area contributed by atoms with E-state index in [0.29, 0.717) is 22.8 Å². The molecule has 3 amide bonds. The van der Waals surface area contributed by atoms with Crippen LogP contribution in [0.4, 0.5) is 29.3 Å². The topological polar surface area (TPSA) is 62.7 Å². The Morgan fingerprint density at radius 3 is 2.26 bits per heavy atom. The summed E-state index contributed by atoms with van der Waals surface area (Å²) in [5.74, 6) is -0.947. The molecule has 1 saturated heterocycles. The van der Waals surface area contributed by atoms with Gasteiger partial charge in [-0.2, -0.15) is 0 Å². The molecule has 0 radical (unpaired) electrons. The first-order valence-electron chi connectivity index (χ1n) is 10.4. The van der Waals surface area contributed by atoms with E-state index in [2.05, 4.69) is 9.72 Å². The Morgan fingerprint density at radius 1 is 1.03 bits per heavy atom. The highest BCUT2D eigenvalue weighted by molar-refractivity contribution is 6.32. The Morgan fingerprint density at radius 2 is 1.68 bits per heavy atom. The molecule has 0 N–H and O–H groups in total. The van der Waals surface area contributed by atoms with Crippen molar-refractivity contribution >= 4 is 34.9 Å². The Hall–Kier alpha value is -3.59. The monoisotopic (exact) mass is 487 g/mol. The molecule has 1 aromatic heterocycles. The summed E-state index contributed by atoms with van der Waals surface area (Å²) in [6.45, 7) is 1.88. The number of hydrogen-bond acceptors (Lipinski definition) is 4. The Balaban J connectivity index is 1.50. The average molecular weight is 488 g/mol. The average Bonchev–Trinajstić information content (AvgIpc) is 3.40. The molecule has 1 saturated carbocycles. The zero-order valence-electron chi connectivity index (χ0n) is 17.7. The van der Waals surface area contributed by atoms with Crippen LogP contribution in [0, 0.1) is 5.92 Å². The lowest BCUT2D eigenvalue weighted by molar-refractivity contribution is -0.274. The summed E-state index contributed by atoms with van der Waals surface area (Å²) < 4.78 is 41.3. The van der Waals surface area contributed by atoms with Crippen molar-refractivity contribution in [3.05, 3.63) is 71.9 Å². The fourth-order valence-electron chi connectivity index (χ4n) is 4.37. The van der Waals surface area contributed by atoms with Crippen LogP contribution in [-0.4, -0.2) is 28.8 Å². The molecule has 2 atom stereocenters. The van der Waals surface area contributed by atoms with Crippen LogP contribution in [0.2, 0.25) is 5.02 Å². The van der Waals surface area contributed by atoms with Gasteiger partial charge in [-0.1, -0.05) is 30.7 Å². The number of carbonyl (C=O) groups is 2. The number of ether oxygens (including phenoxy) is 1. The molecule has 0 bridgehead atoms. The predicted molar refractivity (Wildman–Crippen MR) is 120 cm³/mol. The summed E-state index contributed by atoms with van der Waals surface area (Å²) >= 11 is 5.97. The van der Waals surface area contributed by atoms with Crippen molar-refractivity contribution in [2.75, 3.05) is 9.80 Å². The molecule has 1 aliphatic heterocycles. The molecule has 5 rings (SSSR count). The Labute approximate surface area is 197 Å². The number of imide groups is 1. The first-order valence-corrected chi connectivity index (χ1v) is 10.7. The zero-order chi connectivity index (χ0) is 24.3. The second-order valence-corrected chi connectivity index (χ2v) is 8.67. The van der Waals surface area contributed by atoms with Crippen molar-refractivity contribution < 1.29 is 27.5 Å². The van der Waals surface area contributed by atoms with Gasteiger partial charge in [0.1, 0.15) is 11.3 Å². The number of nitrogens with zero attached hydrogens (tertiary/aromatic N) is 3. The maximum atomic E-state index is 13.5. The van der Waals surface area contributed by atoms with Crippen molar-refractivity contribution in [3.8, 4) is 17.0 Å².